The molecule has 0 heterocycles. The molecule has 0 aliphatic heterocycles. The van der Waals surface area contributed by atoms with Gasteiger partial charge in [-0.15, -0.1) is 0 Å². The Morgan fingerprint density at radius 1 is 0.431 bits per heavy atom. The van der Waals surface area contributed by atoms with Gasteiger partial charge in [0.2, 0.25) is 9.84 Å². The van der Waals surface area contributed by atoms with Crippen molar-refractivity contribution in [2.45, 2.75) is 98.8 Å². The van der Waals surface area contributed by atoms with Crippen molar-refractivity contribution in [2.24, 2.45) is 0 Å². The zero-order valence-electron chi connectivity index (χ0n) is 35.1. The molecule has 4 aromatic rings. The van der Waals surface area contributed by atoms with Gasteiger partial charge in [0.1, 0.15) is 9.84 Å². The number of hydrogen-bond acceptors (Lipinski definition) is 6. The van der Waals surface area contributed by atoms with Crippen LogP contribution in [-0.2, 0) is 29.1 Å². The van der Waals surface area contributed by atoms with Crippen LogP contribution in [0, 0.1) is 0 Å². The average Bonchev–Trinajstić information content (AvgIpc) is 3.20. The minimum atomic E-state index is -3.34. The van der Waals surface area contributed by atoms with Crippen LogP contribution in [-0.4, -0.2) is 57.3 Å². The molecule has 0 bridgehead atoms. The largest absolute Gasteiger partial charge is 0.388 e. The predicted octanol–water partition coefficient (Wildman–Crippen LogP) is 12.4. The first-order valence-corrected chi connectivity index (χ1v) is 21.7. The van der Waals surface area contributed by atoms with Crippen molar-refractivity contribution < 1.29 is 26.3 Å². The summed E-state index contributed by atoms with van der Waals surface area (Å²) in [5.74, 6) is 0. The van der Waals surface area contributed by atoms with E-state index in [-0.39, 0.29) is 0 Å². The third-order valence-corrected chi connectivity index (χ3v) is 5.93. The Morgan fingerprint density at radius 3 is 0.745 bits per heavy atom. The fourth-order valence-electron chi connectivity index (χ4n) is 2.39. The van der Waals surface area contributed by atoms with Crippen LogP contribution in [0.1, 0.15) is 89.0 Å². The van der Waals surface area contributed by atoms with Gasteiger partial charge in [-0.25, -0.2) is 16.8 Å². The van der Waals surface area contributed by atoms with Crippen LogP contribution < -0.4 is 0 Å². The van der Waals surface area contributed by atoms with Crippen molar-refractivity contribution in [3.05, 3.63) is 133 Å². The fraction of sp³-hybridized carbons (Fsp3) is 0.442. The van der Waals surface area contributed by atoms with E-state index >= 15 is 0 Å². The van der Waals surface area contributed by atoms with E-state index in [1.807, 2.05) is 142 Å². The standard InChI is InChI=1S/C12H10O2S.2C6H6.C5H12O.C2H6O2S.C2H6O.5C2H6/c13-15(14,11-7-3-1-4-8-11)12-9-5-2-6-10-12;2*1-2-4-6-5-3-1;1-3-4-5-6-2;1-5(2,3)4;1-3-2;5*1-2/h1-10H;2*1-6H;3-5H2,1-2H3;1-2H3;1-2H3;5*1-2H3. The molecule has 0 aromatic heterocycles. The van der Waals surface area contributed by atoms with Crippen LogP contribution in [0.5, 0.6) is 0 Å². The lowest BCUT2D eigenvalue weighted by molar-refractivity contribution is 0.194. The highest BCUT2D eigenvalue weighted by Crippen LogP contribution is 2.19. The van der Waals surface area contributed by atoms with Gasteiger partial charge in [0.15, 0.2) is 0 Å². The summed E-state index contributed by atoms with van der Waals surface area (Å²) in [4.78, 5) is 0.660. The topological polar surface area (TPSA) is 86.7 Å². The minimum Gasteiger partial charge on any atom is -0.388 e. The normalized spacial score (nSPS) is 8.31. The molecule has 0 aliphatic carbocycles. The summed E-state index contributed by atoms with van der Waals surface area (Å²) in [7, 11) is -1.02. The van der Waals surface area contributed by atoms with E-state index in [1.54, 1.807) is 82.0 Å². The number of unbranched alkanes of at least 4 members (excludes halogenated alkanes) is 1. The molecule has 4 aromatic carbocycles. The van der Waals surface area contributed by atoms with Crippen LogP contribution in [0.4, 0.5) is 0 Å². The maximum absolute atomic E-state index is 12.0. The van der Waals surface area contributed by atoms with Gasteiger partial charge < -0.3 is 9.47 Å². The molecule has 0 atom stereocenters. The van der Waals surface area contributed by atoms with Gasteiger partial charge in [-0.1, -0.05) is 192 Å². The number of rotatable bonds is 5. The first kappa shape index (κ1) is 62.8. The summed E-state index contributed by atoms with van der Waals surface area (Å²) in [6, 6.07) is 40.9. The van der Waals surface area contributed by atoms with Crippen LogP contribution in [0.15, 0.2) is 143 Å². The maximum atomic E-state index is 12.0. The van der Waals surface area contributed by atoms with E-state index in [1.165, 1.54) is 12.8 Å². The van der Waals surface area contributed by atoms with Gasteiger partial charge in [-0.05, 0) is 30.7 Å². The van der Waals surface area contributed by atoms with E-state index in [4.69, 9.17) is 4.74 Å². The Morgan fingerprint density at radius 2 is 0.608 bits per heavy atom. The molecule has 0 N–H and O–H groups in total. The maximum Gasteiger partial charge on any atom is 0.206 e. The highest BCUT2D eigenvalue weighted by molar-refractivity contribution is 7.91. The molecule has 0 amide bonds. The highest BCUT2D eigenvalue weighted by Gasteiger charge is 2.15. The molecule has 0 saturated heterocycles. The number of sulfone groups is 2. The quantitative estimate of drug-likeness (QED) is 0.189. The van der Waals surface area contributed by atoms with Crippen molar-refractivity contribution in [1.82, 2.24) is 0 Å². The Balaban J connectivity index is -0.0000000927. The molecule has 0 unspecified atom stereocenters. The predicted molar refractivity (Wildman–Crippen MR) is 228 cm³/mol. The molecule has 0 aliphatic rings. The second kappa shape index (κ2) is 56.1. The Bertz CT molecular complexity index is 1130. The zero-order valence-corrected chi connectivity index (χ0v) is 36.7. The molecule has 0 saturated carbocycles. The van der Waals surface area contributed by atoms with E-state index in [0.717, 1.165) is 19.1 Å². The van der Waals surface area contributed by atoms with Gasteiger partial charge in [-0.2, -0.15) is 0 Å². The van der Waals surface area contributed by atoms with Gasteiger partial charge in [0.25, 0.3) is 0 Å². The highest BCUT2D eigenvalue weighted by atomic mass is 32.2. The van der Waals surface area contributed by atoms with Crippen LogP contribution >= 0.6 is 0 Å². The summed E-state index contributed by atoms with van der Waals surface area (Å²) in [6.45, 7) is 23.1. The molecule has 6 nitrogen and oxygen atoms in total. The van der Waals surface area contributed by atoms with Crippen molar-refractivity contribution in [3.8, 4) is 0 Å². The van der Waals surface area contributed by atoms with Gasteiger partial charge in [0.05, 0.1) is 9.79 Å². The van der Waals surface area contributed by atoms with E-state index in [9.17, 15) is 16.8 Å². The summed E-state index contributed by atoms with van der Waals surface area (Å²) in [6.07, 6.45) is 4.74. The number of methoxy groups -OCH3 is 2. The zero-order chi connectivity index (χ0) is 41.2. The van der Waals surface area contributed by atoms with E-state index in [0.29, 0.717) is 9.79 Å². The second-order valence-electron chi connectivity index (χ2n) is 8.34. The van der Waals surface area contributed by atoms with E-state index in [2.05, 4.69) is 11.7 Å². The minimum absolute atomic E-state index is 0.330. The lowest BCUT2D eigenvalue weighted by atomic mass is 10.4. The van der Waals surface area contributed by atoms with Gasteiger partial charge >= 0.3 is 0 Å². The SMILES string of the molecule is CC.CC.CC.CC.CC.CCCCOC.COC.CS(C)(=O)=O.O=S(=O)(c1ccccc1)c1ccccc1.c1ccccc1.c1ccccc1. The first-order valence-electron chi connectivity index (χ1n) is 17.9. The van der Waals surface area contributed by atoms with Gasteiger partial charge in [0, 0.05) is 40.4 Å². The molecule has 0 spiro atoms. The third kappa shape index (κ3) is 59.2. The average molecular weight is 753 g/mol. The molecule has 8 heteroatoms. The summed E-state index contributed by atoms with van der Waals surface area (Å²) in [5, 5.41) is 0. The van der Waals surface area contributed by atoms with Gasteiger partial charge in [-0.3, -0.25) is 0 Å². The molecule has 296 valence electrons. The summed E-state index contributed by atoms with van der Waals surface area (Å²) in [5.41, 5.74) is 0. The Labute approximate surface area is 317 Å². The fourth-order valence-corrected chi connectivity index (χ4v) is 3.70. The van der Waals surface area contributed by atoms with Crippen molar-refractivity contribution in [2.75, 3.05) is 40.4 Å². The Hall–Kier alpha value is -3.30. The van der Waals surface area contributed by atoms with Crippen molar-refractivity contribution in [3.63, 3.8) is 0 Å². The lowest BCUT2D eigenvalue weighted by Crippen LogP contribution is -2.00. The number of benzene rings is 4. The summed E-state index contributed by atoms with van der Waals surface area (Å²) < 4.78 is 52.4. The smallest absolute Gasteiger partial charge is 0.206 e. The third-order valence-electron chi connectivity index (χ3n) is 4.14. The second-order valence-corrected chi connectivity index (χ2v) is 12.6. The molecule has 4 rings (SSSR count). The molecular formula is C43H76O6S2. The summed E-state index contributed by atoms with van der Waals surface area (Å²) >= 11 is 0. The number of hydrogen-bond donors (Lipinski definition) is 0. The Kier molecular flexibility index (Phi) is 69.1. The molecular weight excluding hydrogens is 677 g/mol. The molecule has 51 heavy (non-hydrogen) atoms. The molecule has 0 radical (unpaired) electrons. The van der Waals surface area contributed by atoms with Crippen molar-refractivity contribution in [1.29, 1.82) is 0 Å². The molecule has 0 fully saturated rings. The van der Waals surface area contributed by atoms with Crippen LogP contribution in [0.3, 0.4) is 0 Å². The number of ether oxygens (including phenoxy) is 2. The van der Waals surface area contributed by atoms with Crippen LogP contribution in [0.25, 0.3) is 0 Å². The van der Waals surface area contributed by atoms with Crippen LogP contribution in [0.2, 0.25) is 0 Å². The first-order chi connectivity index (χ1) is 24.5. The van der Waals surface area contributed by atoms with E-state index < -0.39 is 19.7 Å². The van der Waals surface area contributed by atoms with Crippen molar-refractivity contribution >= 4 is 19.7 Å². The monoisotopic (exact) mass is 753 g/mol. The lowest BCUT2D eigenvalue weighted by Gasteiger charge is -2.03.